The zero-order chi connectivity index (χ0) is 20.9. The number of aromatic nitrogens is 3. The predicted octanol–water partition coefficient (Wildman–Crippen LogP) is 4.23. The fraction of sp³-hybridized carbons (Fsp3) is 0.304. The zero-order valence-electron chi connectivity index (χ0n) is 17.4. The Morgan fingerprint density at radius 2 is 1.66 bits per heavy atom. The summed E-state index contributed by atoms with van der Waals surface area (Å²) in [6, 6.07) is 15.6. The fourth-order valence-corrected chi connectivity index (χ4v) is 2.86. The van der Waals surface area contributed by atoms with Crippen molar-refractivity contribution in [1.29, 1.82) is 0 Å². The van der Waals surface area contributed by atoms with Gasteiger partial charge in [-0.1, -0.05) is 32.9 Å². The summed E-state index contributed by atoms with van der Waals surface area (Å²) in [5, 5.41) is 11.5. The van der Waals surface area contributed by atoms with Gasteiger partial charge in [-0.25, -0.2) is 0 Å². The SMILES string of the molecule is CN(CCc1ccncc1)C(=O)c1ccc(Nc2ccc(C(C)(C)C)cc2)nn1. The molecular formula is C23H27N5O. The second kappa shape index (κ2) is 8.82. The number of benzene rings is 1. The Hall–Kier alpha value is -3.28. The number of likely N-dealkylation sites (N-methyl/N-ethyl adjacent to an activating group) is 1. The van der Waals surface area contributed by atoms with Crippen LogP contribution in [0, 0.1) is 0 Å². The molecule has 29 heavy (non-hydrogen) atoms. The molecule has 0 aliphatic rings. The summed E-state index contributed by atoms with van der Waals surface area (Å²) in [6.45, 7) is 7.16. The average Bonchev–Trinajstić information content (AvgIpc) is 2.72. The van der Waals surface area contributed by atoms with Gasteiger partial charge in [-0.15, -0.1) is 10.2 Å². The summed E-state index contributed by atoms with van der Waals surface area (Å²) in [6.07, 6.45) is 4.28. The van der Waals surface area contributed by atoms with Crippen molar-refractivity contribution in [2.45, 2.75) is 32.6 Å². The Morgan fingerprint density at radius 3 is 2.24 bits per heavy atom. The number of amides is 1. The number of pyridine rings is 1. The van der Waals surface area contributed by atoms with Crippen LogP contribution in [0.25, 0.3) is 0 Å². The topological polar surface area (TPSA) is 71.0 Å². The van der Waals surface area contributed by atoms with E-state index in [9.17, 15) is 4.79 Å². The number of rotatable bonds is 6. The summed E-state index contributed by atoms with van der Waals surface area (Å²) in [5.41, 5.74) is 3.79. The van der Waals surface area contributed by atoms with Crippen molar-refractivity contribution in [3.05, 3.63) is 77.7 Å². The number of carbonyl (C=O) groups excluding carboxylic acids is 1. The maximum absolute atomic E-state index is 12.6. The van der Waals surface area contributed by atoms with E-state index in [2.05, 4.69) is 53.4 Å². The molecule has 6 heteroatoms. The molecule has 0 atom stereocenters. The second-order valence-electron chi connectivity index (χ2n) is 8.09. The van der Waals surface area contributed by atoms with Crippen molar-refractivity contribution in [3.8, 4) is 0 Å². The number of nitrogens with one attached hydrogen (secondary N) is 1. The number of carbonyl (C=O) groups is 1. The lowest BCUT2D eigenvalue weighted by atomic mass is 9.87. The van der Waals surface area contributed by atoms with E-state index in [4.69, 9.17) is 0 Å². The highest BCUT2D eigenvalue weighted by Gasteiger charge is 2.15. The summed E-state index contributed by atoms with van der Waals surface area (Å²) in [7, 11) is 1.77. The lowest BCUT2D eigenvalue weighted by Crippen LogP contribution is -2.29. The van der Waals surface area contributed by atoms with Gasteiger partial charge in [-0.3, -0.25) is 9.78 Å². The molecule has 1 aromatic carbocycles. The molecule has 0 aliphatic heterocycles. The van der Waals surface area contributed by atoms with Gasteiger partial charge in [0, 0.05) is 31.7 Å². The van der Waals surface area contributed by atoms with Crippen molar-refractivity contribution >= 4 is 17.4 Å². The molecule has 3 rings (SSSR count). The van der Waals surface area contributed by atoms with Gasteiger partial charge in [0.05, 0.1) is 0 Å². The summed E-state index contributed by atoms with van der Waals surface area (Å²) >= 11 is 0. The van der Waals surface area contributed by atoms with Gasteiger partial charge < -0.3 is 10.2 Å². The molecule has 0 fully saturated rings. The fourth-order valence-electron chi connectivity index (χ4n) is 2.86. The van der Waals surface area contributed by atoms with Crippen LogP contribution in [0.4, 0.5) is 11.5 Å². The van der Waals surface area contributed by atoms with Gasteiger partial charge in [-0.2, -0.15) is 0 Å². The van der Waals surface area contributed by atoms with Crippen LogP contribution in [0.5, 0.6) is 0 Å². The highest BCUT2D eigenvalue weighted by Crippen LogP contribution is 2.24. The molecule has 1 amide bonds. The first kappa shape index (κ1) is 20.5. The predicted molar refractivity (Wildman–Crippen MR) is 115 cm³/mol. The molecule has 0 spiro atoms. The Bertz CT molecular complexity index is 932. The van der Waals surface area contributed by atoms with Crippen LogP contribution < -0.4 is 5.32 Å². The van der Waals surface area contributed by atoms with Crippen molar-refractivity contribution < 1.29 is 4.79 Å². The molecule has 2 heterocycles. The number of hydrogen-bond acceptors (Lipinski definition) is 5. The Labute approximate surface area is 172 Å². The van der Waals surface area contributed by atoms with Crippen LogP contribution in [-0.2, 0) is 11.8 Å². The van der Waals surface area contributed by atoms with E-state index in [1.807, 2.05) is 24.3 Å². The average molecular weight is 390 g/mol. The minimum Gasteiger partial charge on any atom is -0.340 e. The summed E-state index contributed by atoms with van der Waals surface area (Å²) in [5.74, 6) is 0.456. The standard InChI is InChI=1S/C23H27N5O/c1-23(2,3)18-5-7-19(8-6-18)25-21-10-9-20(26-27-21)22(29)28(4)16-13-17-11-14-24-15-12-17/h5-12,14-15H,13,16H2,1-4H3,(H,25,27). The Kier molecular flexibility index (Phi) is 6.22. The second-order valence-corrected chi connectivity index (χ2v) is 8.09. The minimum absolute atomic E-state index is 0.115. The number of hydrogen-bond donors (Lipinski definition) is 1. The Balaban J connectivity index is 1.58. The van der Waals surface area contributed by atoms with Crippen LogP contribution in [0.2, 0.25) is 0 Å². The van der Waals surface area contributed by atoms with Crippen molar-refractivity contribution in [2.75, 3.05) is 18.9 Å². The molecule has 6 nitrogen and oxygen atoms in total. The van der Waals surface area contributed by atoms with Gasteiger partial charge in [0.25, 0.3) is 5.91 Å². The third-order valence-electron chi connectivity index (χ3n) is 4.74. The maximum Gasteiger partial charge on any atom is 0.274 e. The minimum atomic E-state index is -0.146. The van der Waals surface area contributed by atoms with E-state index in [1.165, 1.54) is 5.56 Å². The molecule has 0 saturated carbocycles. The van der Waals surface area contributed by atoms with Gasteiger partial charge in [0.2, 0.25) is 0 Å². The van der Waals surface area contributed by atoms with Crippen molar-refractivity contribution in [2.24, 2.45) is 0 Å². The molecule has 1 N–H and O–H groups in total. The molecule has 0 aliphatic carbocycles. The lowest BCUT2D eigenvalue weighted by molar-refractivity contribution is 0.0789. The molecular weight excluding hydrogens is 362 g/mol. The first-order valence-electron chi connectivity index (χ1n) is 9.68. The molecule has 150 valence electrons. The van der Waals surface area contributed by atoms with Crippen LogP contribution in [-0.4, -0.2) is 39.6 Å². The van der Waals surface area contributed by atoms with E-state index in [1.54, 1.807) is 36.5 Å². The van der Waals surface area contributed by atoms with Crippen molar-refractivity contribution in [3.63, 3.8) is 0 Å². The van der Waals surface area contributed by atoms with Crippen LogP contribution in [0.15, 0.2) is 60.9 Å². The Morgan fingerprint density at radius 1 is 0.966 bits per heavy atom. The smallest absolute Gasteiger partial charge is 0.274 e. The van der Waals surface area contributed by atoms with E-state index in [-0.39, 0.29) is 11.3 Å². The largest absolute Gasteiger partial charge is 0.340 e. The van der Waals surface area contributed by atoms with Crippen LogP contribution >= 0.6 is 0 Å². The first-order valence-corrected chi connectivity index (χ1v) is 9.68. The van der Waals surface area contributed by atoms with Gasteiger partial charge in [0.15, 0.2) is 11.5 Å². The van der Waals surface area contributed by atoms with Crippen LogP contribution in [0.3, 0.4) is 0 Å². The molecule has 0 bridgehead atoms. The highest BCUT2D eigenvalue weighted by atomic mass is 16.2. The van der Waals surface area contributed by atoms with Crippen LogP contribution in [0.1, 0.15) is 42.4 Å². The molecule has 3 aromatic rings. The third kappa shape index (κ3) is 5.60. The lowest BCUT2D eigenvalue weighted by Gasteiger charge is -2.19. The first-order chi connectivity index (χ1) is 13.8. The van der Waals surface area contributed by atoms with E-state index >= 15 is 0 Å². The molecule has 0 saturated heterocycles. The van der Waals surface area contributed by atoms with Gasteiger partial charge in [-0.05, 0) is 59.4 Å². The molecule has 0 radical (unpaired) electrons. The molecule has 0 unspecified atom stereocenters. The number of anilines is 2. The summed E-state index contributed by atoms with van der Waals surface area (Å²) in [4.78, 5) is 18.2. The number of nitrogens with zero attached hydrogens (tertiary/aromatic N) is 4. The van der Waals surface area contributed by atoms with Gasteiger partial charge in [0.1, 0.15) is 0 Å². The maximum atomic E-state index is 12.6. The van der Waals surface area contributed by atoms with Crippen molar-refractivity contribution in [1.82, 2.24) is 20.1 Å². The third-order valence-corrected chi connectivity index (χ3v) is 4.74. The van der Waals surface area contributed by atoms with E-state index in [0.717, 1.165) is 17.7 Å². The summed E-state index contributed by atoms with van der Waals surface area (Å²) < 4.78 is 0. The quantitative estimate of drug-likeness (QED) is 0.683. The highest BCUT2D eigenvalue weighted by molar-refractivity contribution is 5.92. The normalized spacial score (nSPS) is 11.2. The zero-order valence-corrected chi connectivity index (χ0v) is 17.4. The van der Waals surface area contributed by atoms with Gasteiger partial charge >= 0.3 is 0 Å². The van der Waals surface area contributed by atoms with E-state index < -0.39 is 0 Å². The van der Waals surface area contributed by atoms with E-state index in [0.29, 0.717) is 18.1 Å². The monoisotopic (exact) mass is 389 g/mol. The molecule has 2 aromatic heterocycles.